The maximum Gasteiger partial charge on any atom is 0.148 e. The van der Waals surface area contributed by atoms with Crippen LogP contribution in [-0.4, -0.2) is 41.9 Å². The number of ether oxygens (including phenoxy) is 1. The summed E-state index contributed by atoms with van der Waals surface area (Å²) in [7, 11) is 0. The predicted octanol–water partition coefficient (Wildman–Crippen LogP) is 10.1. The number of aryl methyl sites for hydroxylation is 2. The lowest BCUT2D eigenvalue weighted by Crippen LogP contribution is -1.94. The van der Waals surface area contributed by atoms with Crippen LogP contribution in [0.25, 0.3) is 78.7 Å². The van der Waals surface area contributed by atoms with Gasteiger partial charge in [-0.2, -0.15) is 0 Å². The molecule has 5 N–H and O–H groups in total. The molecule has 3 aromatic heterocycles. The lowest BCUT2D eigenvalue weighted by Gasteiger charge is -2.08. The molecule has 266 valence electrons. The molecule has 9 rings (SSSR count). The highest BCUT2D eigenvalue weighted by molar-refractivity contribution is 5.97. The van der Waals surface area contributed by atoms with Crippen molar-refractivity contribution in [2.75, 3.05) is 6.61 Å². The summed E-state index contributed by atoms with van der Waals surface area (Å²) < 4.78 is 5.86. The molecule has 2 aliphatic heterocycles. The number of fused-ring (bicyclic) bond motifs is 8. The molecule has 0 unspecified atom stereocenters. The molecule has 0 saturated heterocycles. The van der Waals surface area contributed by atoms with Gasteiger partial charge in [-0.15, -0.1) is 6.42 Å². The zero-order chi connectivity index (χ0) is 37.5. The third-order valence-electron chi connectivity index (χ3n) is 9.90. The number of phenols is 3. The van der Waals surface area contributed by atoms with Gasteiger partial charge in [-0.1, -0.05) is 54.5 Å². The fourth-order valence-corrected chi connectivity index (χ4v) is 7.58. The standard InChI is InChI=1S/C47H34N4O4/c1-2-23-55-35-14-6-10-31(27-35)47-42-21-19-40(50-42)45(29-8-4-12-33(53)25-29)38-17-15-36(48-38)44(28-7-3-11-32(52)24-28)37-16-18-39(49-37)46(41-20-22-43(47)51-41)30-9-5-13-34(54)26-30/h1,3-19,21,24-27,49-50,52-54H,20,22-23H2. The number of hydrogen-bond acceptors (Lipinski definition) is 6. The Kier molecular flexibility index (Phi) is 8.37. The van der Waals surface area contributed by atoms with Gasteiger partial charge in [0, 0.05) is 44.3 Å². The molecule has 2 aliphatic rings. The van der Waals surface area contributed by atoms with E-state index in [4.69, 9.17) is 21.1 Å². The first-order valence-corrected chi connectivity index (χ1v) is 17.9. The number of rotatable bonds is 6. The van der Waals surface area contributed by atoms with E-state index in [1.165, 1.54) is 0 Å². The van der Waals surface area contributed by atoms with Crippen molar-refractivity contribution in [3.05, 3.63) is 144 Å². The normalized spacial score (nSPS) is 12.1. The van der Waals surface area contributed by atoms with Crippen molar-refractivity contribution in [2.45, 2.75) is 12.8 Å². The number of hydrogen-bond donors (Lipinski definition) is 5. The summed E-state index contributed by atoms with van der Waals surface area (Å²) >= 11 is 0. The van der Waals surface area contributed by atoms with Crippen LogP contribution in [0, 0.1) is 12.3 Å². The number of aromatic amines is 2. The first-order valence-electron chi connectivity index (χ1n) is 17.9. The Bertz CT molecular complexity index is 2890. The lowest BCUT2D eigenvalue weighted by molar-refractivity contribution is 0.370. The molecular formula is C47H34N4O4. The van der Waals surface area contributed by atoms with Crippen LogP contribution >= 0.6 is 0 Å². The molecule has 8 nitrogen and oxygen atoms in total. The maximum absolute atomic E-state index is 10.6. The van der Waals surface area contributed by atoms with E-state index >= 15 is 0 Å². The summed E-state index contributed by atoms with van der Waals surface area (Å²) in [6, 6.07) is 37.5. The van der Waals surface area contributed by atoms with Crippen LogP contribution in [0.3, 0.4) is 0 Å². The number of phenolic OH excluding ortho intramolecular Hbond substituents is 3. The van der Waals surface area contributed by atoms with E-state index in [2.05, 4.69) is 15.9 Å². The Morgan fingerprint density at radius 3 is 1.40 bits per heavy atom. The molecule has 0 atom stereocenters. The summed E-state index contributed by atoms with van der Waals surface area (Å²) in [5, 5.41) is 31.9. The molecule has 8 heteroatoms. The third kappa shape index (κ3) is 6.34. The number of terminal acetylenes is 1. The van der Waals surface area contributed by atoms with E-state index in [1.54, 1.807) is 36.4 Å². The number of nitrogens with zero attached hydrogens (tertiary/aromatic N) is 2. The van der Waals surface area contributed by atoms with Gasteiger partial charge in [-0.05, 0) is 120 Å². The van der Waals surface area contributed by atoms with Crippen molar-refractivity contribution >= 4 is 34.2 Å². The first kappa shape index (κ1) is 33.3. The van der Waals surface area contributed by atoms with Gasteiger partial charge in [-0.3, -0.25) is 4.98 Å². The third-order valence-corrected chi connectivity index (χ3v) is 9.90. The van der Waals surface area contributed by atoms with Crippen molar-refractivity contribution in [1.82, 2.24) is 19.9 Å². The zero-order valence-electron chi connectivity index (χ0n) is 29.5. The Morgan fingerprint density at radius 1 is 0.527 bits per heavy atom. The van der Waals surface area contributed by atoms with Crippen molar-refractivity contribution in [3.63, 3.8) is 0 Å². The van der Waals surface area contributed by atoms with Gasteiger partial charge in [0.2, 0.25) is 0 Å². The number of H-pyrrole nitrogens is 2. The van der Waals surface area contributed by atoms with E-state index in [0.717, 1.165) is 78.0 Å². The second-order valence-corrected chi connectivity index (χ2v) is 13.5. The molecule has 0 aliphatic carbocycles. The van der Waals surface area contributed by atoms with Crippen molar-refractivity contribution in [3.8, 4) is 79.8 Å². The predicted molar refractivity (Wildman–Crippen MR) is 218 cm³/mol. The van der Waals surface area contributed by atoms with E-state index < -0.39 is 0 Å². The fourth-order valence-electron chi connectivity index (χ4n) is 7.58. The van der Waals surface area contributed by atoms with Gasteiger partial charge >= 0.3 is 0 Å². The molecule has 55 heavy (non-hydrogen) atoms. The van der Waals surface area contributed by atoms with Gasteiger partial charge in [0.1, 0.15) is 29.6 Å². The quantitative estimate of drug-likeness (QED) is 0.109. The molecular weight excluding hydrogens is 685 g/mol. The maximum atomic E-state index is 10.6. The first-order chi connectivity index (χ1) is 26.9. The minimum Gasteiger partial charge on any atom is -0.508 e. The van der Waals surface area contributed by atoms with Crippen molar-refractivity contribution in [2.24, 2.45) is 0 Å². The molecule has 0 spiro atoms. The molecule has 5 heterocycles. The van der Waals surface area contributed by atoms with Crippen LogP contribution in [0.15, 0.2) is 121 Å². The highest BCUT2D eigenvalue weighted by atomic mass is 16.5. The number of aromatic hydroxyl groups is 3. The highest BCUT2D eigenvalue weighted by Gasteiger charge is 2.21. The average Bonchev–Trinajstić information content (AvgIpc) is 4.02. The van der Waals surface area contributed by atoms with Gasteiger partial charge < -0.3 is 30.0 Å². The number of nitrogens with one attached hydrogen (secondary N) is 2. The Hall–Kier alpha value is -7.50. The van der Waals surface area contributed by atoms with E-state index in [1.807, 2.05) is 97.1 Å². The molecule has 0 radical (unpaired) electrons. The van der Waals surface area contributed by atoms with E-state index in [0.29, 0.717) is 30.0 Å². The summed E-state index contributed by atoms with van der Waals surface area (Å²) in [5.41, 5.74) is 13.0. The van der Waals surface area contributed by atoms with Crippen LogP contribution in [-0.2, 0) is 12.8 Å². The Balaban J connectivity index is 1.46. The fraction of sp³-hybridized carbons (Fsp3) is 0.0638. The van der Waals surface area contributed by atoms with Crippen LogP contribution in [0.4, 0.5) is 0 Å². The summed E-state index contributed by atoms with van der Waals surface area (Å²) in [4.78, 5) is 18.0. The summed E-state index contributed by atoms with van der Waals surface area (Å²) in [5.74, 6) is 3.63. The molecule has 8 bridgehead atoms. The van der Waals surface area contributed by atoms with Gasteiger partial charge in [0.25, 0.3) is 0 Å². The van der Waals surface area contributed by atoms with Crippen molar-refractivity contribution in [1.29, 1.82) is 0 Å². The topological polar surface area (TPSA) is 127 Å². The van der Waals surface area contributed by atoms with Crippen LogP contribution < -0.4 is 4.74 Å². The van der Waals surface area contributed by atoms with E-state index in [9.17, 15) is 15.3 Å². The Labute approximate surface area is 316 Å². The van der Waals surface area contributed by atoms with Gasteiger partial charge in [0.05, 0.1) is 22.8 Å². The second-order valence-electron chi connectivity index (χ2n) is 13.5. The number of benzene rings is 4. The molecule has 4 aromatic carbocycles. The summed E-state index contributed by atoms with van der Waals surface area (Å²) in [6.07, 6.45) is 10.8. The van der Waals surface area contributed by atoms with Crippen LogP contribution in [0.5, 0.6) is 23.0 Å². The minimum atomic E-state index is 0.136. The minimum absolute atomic E-state index is 0.136. The van der Waals surface area contributed by atoms with Crippen LogP contribution in [0.2, 0.25) is 0 Å². The second kappa shape index (κ2) is 13.8. The molecule has 0 amide bonds. The average molecular weight is 719 g/mol. The Morgan fingerprint density at radius 2 is 0.945 bits per heavy atom. The van der Waals surface area contributed by atoms with E-state index in [-0.39, 0.29) is 23.9 Å². The summed E-state index contributed by atoms with van der Waals surface area (Å²) in [6.45, 7) is 0.145. The van der Waals surface area contributed by atoms with Gasteiger partial charge in [0.15, 0.2) is 0 Å². The molecule has 0 fully saturated rings. The lowest BCUT2D eigenvalue weighted by atomic mass is 10.0. The monoisotopic (exact) mass is 718 g/mol. The highest BCUT2D eigenvalue weighted by Crippen LogP contribution is 2.39. The number of aromatic nitrogens is 4. The SMILES string of the molecule is C#CCOc1cccc(-c2c3nc(c(-c4cccc(O)c4)c4ccc([nH]4)c(-c4cccc(O)c4)c4nc(c(-c5cccc(O)c5)c5ccc2[nH]5)C=C4)CC3)c1. The zero-order valence-corrected chi connectivity index (χ0v) is 29.5. The van der Waals surface area contributed by atoms with Crippen LogP contribution in [0.1, 0.15) is 22.8 Å². The molecule has 0 saturated carbocycles. The largest absolute Gasteiger partial charge is 0.508 e. The molecule has 7 aromatic rings. The smallest absolute Gasteiger partial charge is 0.148 e. The van der Waals surface area contributed by atoms with Gasteiger partial charge in [-0.25, -0.2) is 4.98 Å². The van der Waals surface area contributed by atoms with Crippen molar-refractivity contribution < 1.29 is 20.1 Å².